The lowest BCUT2D eigenvalue weighted by Crippen LogP contribution is -2.45. The Balaban J connectivity index is 2.96. The second-order valence-corrected chi connectivity index (χ2v) is 7.57. The molecule has 0 saturated heterocycles. The average molecular weight is 324 g/mol. The number of esters is 2. The second-order valence-electron chi connectivity index (χ2n) is 7.57. The van der Waals surface area contributed by atoms with Crippen molar-refractivity contribution >= 4 is 11.9 Å². The molecule has 1 aliphatic carbocycles. The van der Waals surface area contributed by atoms with Crippen LogP contribution in [-0.2, 0) is 19.1 Å². The Labute approximate surface area is 140 Å². The van der Waals surface area contributed by atoms with Crippen LogP contribution in [0, 0.1) is 11.8 Å². The first-order valence-corrected chi connectivity index (χ1v) is 8.53. The highest BCUT2D eigenvalue weighted by molar-refractivity contribution is 5.67. The summed E-state index contributed by atoms with van der Waals surface area (Å²) in [4.78, 5) is 23.1. The van der Waals surface area contributed by atoms with E-state index in [4.69, 9.17) is 9.47 Å². The SMILES string of the molecule is CC(=O)O[C@](C)(CCC=C(C)C)[C@@H]1CC[C@@](C)(OC(C)=O)[C@H]1C. The molecule has 0 spiro atoms. The van der Waals surface area contributed by atoms with Gasteiger partial charge in [0.1, 0.15) is 11.2 Å². The van der Waals surface area contributed by atoms with E-state index in [2.05, 4.69) is 26.8 Å². The molecule has 0 heterocycles. The van der Waals surface area contributed by atoms with Crippen LogP contribution >= 0.6 is 0 Å². The zero-order valence-corrected chi connectivity index (χ0v) is 15.7. The Morgan fingerprint density at radius 2 is 1.83 bits per heavy atom. The van der Waals surface area contributed by atoms with Gasteiger partial charge in [-0.2, -0.15) is 0 Å². The topological polar surface area (TPSA) is 52.6 Å². The highest BCUT2D eigenvalue weighted by Crippen LogP contribution is 2.49. The van der Waals surface area contributed by atoms with E-state index >= 15 is 0 Å². The molecule has 0 aromatic heterocycles. The van der Waals surface area contributed by atoms with Gasteiger partial charge in [-0.25, -0.2) is 0 Å². The fourth-order valence-electron chi connectivity index (χ4n) is 3.94. The van der Waals surface area contributed by atoms with Crippen LogP contribution in [0.4, 0.5) is 0 Å². The first-order chi connectivity index (χ1) is 10.5. The maximum Gasteiger partial charge on any atom is 0.303 e. The Morgan fingerprint density at radius 3 is 2.30 bits per heavy atom. The standard InChI is InChI=1S/C19H32O4/c1-13(2)9-8-11-19(7,23-16(5)21)17-10-12-18(6,14(17)3)22-15(4)20/h9,14,17H,8,10-12H2,1-7H3/t14-,17+,18+,19+/m0/s1. The predicted octanol–water partition coefficient (Wildman–Crippen LogP) is 4.42. The molecule has 1 rings (SSSR count). The first kappa shape index (κ1) is 19.7. The van der Waals surface area contributed by atoms with Gasteiger partial charge in [0.15, 0.2) is 0 Å². The molecule has 0 aliphatic heterocycles. The maximum atomic E-state index is 11.6. The molecule has 0 unspecified atom stereocenters. The van der Waals surface area contributed by atoms with Crippen molar-refractivity contribution in [1.82, 2.24) is 0 Å². The summed E-state index contributed by atoms with van der Waals surface area (Å²) in [7, 11) is 0. The lowest BCUT2D eigenvalue weighted by molar-refractivity contribution is -0.171. The number of carbonyl (C=O) groups excluding carboxylic acids is 2. The van der Waals surface area contributed by atoms with Gasteiger partial charge in [0.05, 0.1) is 0 Å². The number of hydrogen-bond donors (Lipinski definition) is 0. The highest BCUT2D eigenvalue weighted by Gasteiger charge is 2.52. The molecule has 1 fully saturated rings. The summed E-state index contributed by atoms with van der Waals surface area (Å²) in [5.41, 5.74) is 0.253. The molecule has 1 aliphatic rings. The third kappa shape index (κ3) is 5.08. The monoisotopic (exact) mass is 324 g/mol. The minimum atomic E-state index is -0.533. The summed E-state index contributed by atoms with van der Waals surface area (Å²) in [6, 6.07) is 0. The molecule has 1 saturated carbocycles. The zero-order chi connectivity index (χ0) is 17.8. The summed E-state index contributed by atoms with van der Waals surface area (Å²) >= 11 is 0. The molecule has 0 aromatic carbocycles. The quantitative estimate of drug-likeness (QED) is 0.536. The molecule has 0 radical (unpaired) electrons. The Kier molecular flexibility index (Phi) is 6.43. The van der Waals surface area contributed by atoms with Crippen LogP contribution in [0.3, 0.4) is 0 Å². The van der Waals surface area contributed by atoms with Crippen molar-refractivity contribution in [1.29, 1.82) is 0 Å². The summed E-state index contributed by atoms with van der Waals surface area (Å²) < 4.78 is 11.4. The van der Waals surface area contributed by atoms with Gasteiger partial charge >= 0.3 is 11.9 Å². The number of rotatable bonds is 6. The Hall–Kier alpha value is -1.32. The molecule has 0 amide bonds. The van der Waals surface area contributed by atoms with Gasteiger partial charge in [-0.15, -0.1) is 0 Å². The van der Waals surface area contributed by atoms with Crippen LogP contribution in [0.5, 0.6) is 0 Å². The van der Waals surface area contributed by atoms with Gasteiger partial charge in [-0.1, -0.05) is 18.6 Å². The Bertz CT molecular complexity index is 478. The molecule has 23 heavy (non-hydrogen) atoms. The van der Waals surface area contributed by atoms with Crippen LogP contribution in [0.1, 0.15) is 74.1 Å². The third-order valence-corrected chi connectivity index (χ3v) is 5.25. The number of ether oxygens (including phenoxy) is 2. The average Bonchev–Trinajstić information content (AvgIpc) is 2.63. The highest BCUT2D eigenvalue weighted by atomic mass is 16.6. The zero-order valence-electron chi connectivity index (χ0n) is 15.7. The van der Waals surface area contributed by atoms with E-state index in [1.165, 1.54) is 19.4 Å². The van der Waals surface area contributed by atoms with Crippen LogP contribution in [-0.4, -0.2) is 23.1 Å². The minimum absolute atomic E-state index is 0.141. The van der Waals surface area contributed by atoms with Gasteiger partial charge < -0.3 is 9.47 Å². The van der Waals surface area contributed by atoms with Crippen molar-refractivity contribution in [2.75, 3.05) is 0 Å². The number of carbonyl (C=O) groups is 2. The summed E-state index contributed by atoms with van der Waals surface area (Å²) in [5, 5.41) is 0. The molecule has 0 N–H and O–H groups in total. The molecule has 0 bridgehead atoms. The van der Waals surface area contributed by atoms with Gasteiger partial charge in [0, 0.05) is 25.7 Å². The van der Waals surface area contributed by atoms with Crippen molar-refractivity contribution < 1.29 is 19.1 Å². The van der Waals surface area contributed by atoms with E-state index in [-0.39, 0.29) is 23.8 Å². The van der Waals surface area contributed by atoms with Crippen LogP contribution in [0.15, 0.2) is 11.6 Å². The van der Waals surface area contributed by atoms with Gasteiger partial charge in [0.2, 0.25) is 0 Å². The predicted molar refractivity (Wildman–Crippen MR) is 90.9 cm³/mol. The van der Waals surface area contributed by atoms with Crippen LogP contribution in [0.25, 0.3) is 0 Å². The third-order valence-electron chi connectivity index (χ3n) is 5.25. The largest absolute Gasteiger partial charge is 0.459 e. The van der Waals surface area contributed by atoms with Crippen molar-refractivity contribution in [3.8, 4) is 0 Å². The normalized spacial score (nSPS) is 29.5. The summed E-state index contributed by atoms with van der Waals surface area (Å²) in [6.07, 6.45) is 5.52. The minimum Gasteiger partial charge on any atom is -0.459 e. The van der Waals surface area contributed by atoms with Gasteiger partial charge in [-0.3, -0.25) is 9.59 Å². The first-order valence-electron chi connectivity index (χ1n) is 8.53. The van der Waals surface area contributed by atoms with Crippen LogP contribution < -0.4 is 0 Å². The lowest BCUT2D eigenvalue weighted by atomic mass is 9.76. The van der Waals surface area contributed by atoms with Crippen LogP contribution in [0.2, 0.25) is 0 Å². The van der Waals surface area contributed by atoms with E-state index in [1.54, 1.807) is 0 Å². The molecule has 4 nitrogen and oxygen atoms in total. The molecular formula is C19H32O4. The fraction of sp³-hybridized carbons (Fsp3) is 0.789. The fourth-order valence-corrected chi connectivity index (χ4v) is 3.94. The molecule has 132 valence electrons. The lowest BCUT2D eigenvalue weighted by Gasteiger charge is -2.40. The van der Waals surface area contributed by atoms with Crippen molar-refractivity contribution in [2.24, 2.45) is 11.8 Å². The van der Waals surface area contributed by atoms with Crippen molar-refractivity contribution in [3.63, 3.8) is 0 Å². The van der Waals surface area contributed by atoms with Gasteiger partial charge in [-0.05, 0) is 53.4 Å². The smallest absolute Gasteiger partial charge is 0.303 e. The molecular weight excluding hydrogens is 292 g/mol. The van der Waals surface area contributed by atoms with Crippen molar-refractivity contribution in [3.05, 3.63) is 11.6 Å². The second kappa shape index (κ2) is 7.50. The molecule has 0 aromatic rings. The van der Waals surface area contributed by atoms with Gasteiger partial charge in [0.25, 0.3) is 0 Å². The van der Waals surface area contributed by atoms with E-state index in [0.29, 0.717) is 0 Å². The van der Waals surface area contributed by atoms with E-state index < -0.39 is 11.2 Å². The van der Waals surface area contributed by atoms with E-state index in [9.17, 15) is 9.59 Å². The molecule has 4 heteroatoms. The van der Waals surface area contributed by atoms with E-state index in [0.717, 1.165) is 25.7 Å². The van der Waals surface area contributed by atoms with E-state index in [1.807, 2.05) is 13.8 Å². The summed E-state index contributed by atoms with van der Waals surface area (Å²) in [5.74, 6) is -0.180. The number of allylic oxidation sites excluding steroid dienone is 2. The Morgan fingerprint density at radius 1 is 1.22 bits per heavy atom. The number of hydrogen-bond acceptors (Lipinski definition) is 4. The maximum absolute atomic E-state index is 11.6. The van der Waals surface area contributed by atoms with Crippen molar-refractivity contribution in [2.45, 2.75) is 85.4 Å². The molecule has 4 atom stereocenters. The summed E-state index contributed by atoms with van der Waals surface area (Å²) in [6.45, 7) is 13.2.